The molecule has 2 N–H and O–H groups in total. The van der Waals surface area contributed by atoms with Gasteiger partial charge in [0, 0.05) is 18.4 Å². The summed E-state index contributed by atoms with van der Waals surface area (Å²) in [5.74, 6) is -2.10. The van der Waals surface area contributed by atoms with Crippen LogP contribution in [0, 0.1) is 0 Å². The molecule has 1 heterocycles. The number of allylic oxidation sites excluding steroid dienone is 2. The molecule has 0 aromatic heterocycles. The van der Waals surface area contributed by atoms with Crippen LogP contribution in [0.2, 0.25) is 0 Å². The van der Waals surface area contributed by atoms with Gasteiger partial charge in [-0.1, -0.05) is 18.2 Å². The second kappa shape index (κ2) is 7.33. The smallest absolute Gasteiger partial charge is 0.416 e. The molecule has 0 bridgehead atoms. The number of nitrogens with two attached hydrogens (primary N) is 1. The van der Waals surface area contributed by atoms with Gasteiger partial charge in [0.1, 0.15) is 11.3 Å². The van der Waals surface area contributed by atoms with Gasteiger partial charge in [0.2, 0.25) is 5.88 Å². The van der Waals surface area contributed by atoms with Gasteiger partial charge in [0.05, 0.1) is 17.6 Å². The standard InChI is InChI=1S/C20H20F3NO4/c1-10(2)27-19(26)17-15(11-5-3-6-12(9-11)20(21,22)23)16-13(25)7-4-8-14(16)28-18(17)24/h3,5-6,9-10,15H,4,7-8,24H2,1-2H3. The number of alkyl halides is 3. The lowest BCUT2D eigenvalue weighted by atomic mass is 9.77. The molecule has 0 amide bonds. The lowest BCUT2D eigenvalue weighted by Gasteiger charge is -2.32. The van der Waals surface area contributed by atoms with Gasteiger partial charge >= 0.3 is 12.1 Å². The topological polar surface area (TPSA) is 78.6 Å². The van der Waals surface area contributed by atoms with Gasteiger partial charge in [-0.2, -0.15) is 13.2 Å². The summed E-state index contributed by atoms with van der Waals surface area (Å²) in [5.41, 5.74) is 5.23. The van der Waals surface area contributed by atoms with E-state index < -0.39 is 29.7 Å². The molecule has 0 fully saturated rings. The minimum absolute atomic E-state index is 0.138. The number of carbonyl (C=O) groups excluding carboxylic acids is 2. The van der Waals surface area contributed by atoms with Gasteiger partial charge in [-0.25, -0.2) is 4.79 Å². The van der Waals surface area contributed by atoms with Crippen molar-refractivity contribution < 1.29 is 32.2 Å². The molecule has 3 rings (SSSR count). The third-order valence-corrected chi connectivity index (χ3v) is 4.59. The summed E-state index contributed by atoms with van der Waals surface area (Å²) in [4.78, 5) is 25.3. The van der Waals surface area contributed by atoms with Gasteiger partial charge in [-0.15, -0.1) is 0 Å². The molecule has 8 heteroatoms. The molecule has 0 radical (unpaired) electrons. The highest BCUT2D eigenvalue weighted by atomic mass is 19.4. The molecule has 1 aliphatic heterocycles. The average molecular weight is 395 g/mol. The first-order chi connectivity index (χ1) is 13.1. The molecule has 0 saturated heterocycles. The van der Waals surface area contributed by atoms with Crippen LogP contribution < -0.4 is 5.73 Å². The van der Waals surface area contributed by atoms with Crippen molar-refractivity contribution in [3.8, 4) is 0 Å². The maximum absolute atomic E-state index is 13.2. The fourth-order valence-corrected chi connectivity index (χ4v) is 3.46. The lowest BCUT2D eigenvalue weighted by Crippen LogP contribution is -2.32. The van der Waals surface area contributed by atoms with E-state index in [0.717, 1.165) is 12.1 Å². The Kier molecular flexibility index (Phi) is 5.23. The number of ether oxygens (including phenoxy) is 2. The molecule has 1 aromatic rings. The van der Waals surface area contributed by atoms with Crippen LogP contribution in [-0.2, 0) is 25.2 Å². The van der Waals surface area contributed by atoms with E-state index in [9.17, 15) is 22.8 Å². The maximum atomic E-state index is 13.2. The van der Waals surface area contributed by atoms with Crippen LogP contribution in [0.3, 0.4) is 0 Å². The van der Waals surface area contributed by atoms with Gasteiger partial charge in [0.25, 0.3) is 0 Å². The Balaban J connectivity index is 2.18. The summed E-state index contributed by atoms with van der Waals surface area (Å²) >= 11 is 0. The number of rotatable bonds is 3. The largest absolute Gasteiger partial charge is 0.459 e. The van der Waals surface area contributed by atoms with Crippen molar-refractivity contribution >= 4 is 11.8 Å². The molecular formula is C20H20F3NO4. The predicted octanol–water partition coefficient (Wildman–Crippen LogP) is 3.95. The number of Topliss-reactive ketones (excluding diaryl/α,β-unsaturated/α-hetero) is 1. The Morgan fingerprint density at radius 2 is 2.00 bits per heavy atom. The summed E-state index contributed by atoms with van der Waals surface area (Å²) in [6.07, 6.45) is -3.85. The number of halogens is 3. The number of benzene rings is 1. The number of ketones is 1. The first-order valence-electron chi connectivity index (χ1n) is 8.91. The Morgan fingerprint density at radius 1 is 1.29 bits per heavy atom. The van der Waals surface area contributed by atoms with Crippen molar-refractivity contribution in [2.75, 3.05) is 0 Å². The van der Waals surface area contributed by atoms with E-state index >= 15 is 0 Å². The van der Waals surface area contributed by atoms with Gasteiger partial charge in [-0.05, 0) is 31.9 Å². The zero-order valence-corrected chi connectivity index (χ0v) is 15.4. The summed E-state index contributed by atoms with van der Waals surface area (Å²) in [6.45, 7) is 3.27. The monoisotopic (exact) mass is 395 g/mol. The van der Waals surface area contributed by atoms with Crippen molar-refractivity contribution in [3.05, 3.63) is 58.2 Å². The molecule has 5 nitrogen and oxygen atoms in total. The highest BCUT2D eigenvalue weighted by molar-refractivity contribution is 6.03. The summed E-state index contributed by atoms with van der Waals surface area (Å²) in [6, 6.07) is 4.54. The van der Waals surface area contributed by atoms with Crippen LogP contribution in [0.1, 0.15) is 50.2 Å². The highest BCUT2D eigenvalue weighted by Crippen LogP contribution is 2.45. The fraction of sp³-hybridized carbons (Fsp3) is 0.400. The molecule has 1 atom stereocenters. The Morgan fingerprint density at radius 3 is 2.64 bits per heavy atom. The van der Waals surface area contributed by atoms with Crippen molar-refractivity contribution in [1.29, 1.82) is 0 Å². The third-order valence-electron chi connectivity index (χ3n) is 4.59. The van der Waals surface area contributed by atoms with E-state index in [4.69, 9.17) is 15.2 Å². The normalized spacial score (nSPS) is 20.2. The SMILES string of the molecule is CC(C)OC(=O)C1=C(N)OC2=C(C(=O)CCC2)C1c1cccc(C(F)(F)F)c1. The number of carbonyl (C=O) groups is 2. The van der Waals surface area contributed by atoms with E-state index in [1.54, 1.807) is 13.8 Å². The second-order valence-electron chi connectivity index (χ2n) is 7.00. The molecule has 150 valence electrons. The first-order valence-corrected chi connectivity index (χ1v) is 8.91. The summed E-state index contributed by atoms with van der Waals surface area (Å²) in [7, 11) is 0. The second-order valence-corrected chi connectivity index (χ2v) is 7.00. The molecule has 0 saturated carbocycles. The van der Waals surface area contributed by atoms with E-state index in [2.05, 4.69) is 0 Å². The van der Waals surface area contributed by atoms with Crippen molar-refractivity contribution in [3.63, 3.8) is 0 Å². The van der Waals surface area contributed by atoms with Crippen LogP contribution in [0.25, 0.3) is 0 Å². The Bertz CT molecular complexity index is 884. The van der Waals surface area contributed by atoms with Crippen LogP contribution >= 0.6 is 0 Å². The molecule has 28 heavy (non-hydrogen) atoms. The number of hydrogen-bond acceptors (Lipinski definition) is 5. The molecular weight excluding hydrogens is 375 g/mol. The quantitative estimate of drug-likeness (QED) is 0.784. The highest BCUT2D eigenvalue weighted by Gasteiger charge is 2.42. The van der Waals surface area contributed by atoms with E-state index in [0.29, 0.717) is 18.6 Å². The van der Waals surface area contributed by atoms with Gasteiger partial charge < -0.3 is 15.2 Å². The first kappa shape index (κ1) is 20.0. The maximum Gasteiger partial charge on any atom is 0.416 e. The van der Waals surface area contributed by atoms with Gasteiger partial charge in [0.15, 0.2) is 5.78 Å². The van der Waals surface area contributed by atoms with E-state index in [-0.39, 0.29) is 34.8 Å². The lowest BCUT2D eigenvalue weighted by molar-refractivity contribution is -0.143. The molecule has 1 unspecified atom stereocenters. The number of hydrogen-bond donors (Lipinski definition) is 1. The summed E-state index contributed by atoms with van der Waals surface area (Å²) < 4.78 is 50.4. The minimum atomic E-state index is -4.57. The third kappa shape index (κ3) is 3.76. The van der Waals surface area contributed by atoms with Crippen molar-refractivity contribution in [2.24, 2.45) is 5.73 Å². The summed E-state index contributed by atoms with van der Waals surface area (Å²) in [5, 5.41) is 0. The average Bonchev–Trinajstić information content (AvgIpc) is 2.59. The van der Waals surface area contributed by atoms with Crippen LogP contribution in [0.15, 0.2) is 47.1 Å². The number of esters is 1. The van der Waals surface area contributed by atoms with Crippen LogP contribution in [0.4, 0.5) is 13.2 Å². The molecule has 1 aliphatic carbocycles. The van der Waals surface area contributed by atoms with Crippen LogP contribution in [0.5, 0.6) is 0 Å². The molecule has 2 aliphatic rings. The Hall–Kier alpha value is -2.77. The van der Waals surface area contributed by atoms with Gasteiger partial charge in [-0.3, -0.25) is 4.79 Å². The predicted molar refractivity (Wildman–Crippen MR) is 93.6 cm³/mol. The zero-order chi connectivity index (χ0) is 20.6. The van der Waals surface area contributed by atoms with Crippen molar-refractivity contribution in [2.45, 2.75) is 51.3 Å². The van der Waals surface area contributed by atoms with E-state index in [1.807, 2.05) is 0 Å². The Labute approximate surface area is 160 Å². The minimum Gasteiger partial charge on any atom is -0.459 e. The van der Waals surface area contributed by atoms with E-state index in [1.165, 1.54) is 12.1 Å². The molecule has 1 aromatic carbocycles. The van der Waals surface area contributed by atoms with Crippen molar-refractivity contribution in [1.82, 2.24) is 0 Å². The van der Waals surface area contributed by atoms with Crippen LogP contribution in [-0.4, -0.2) is 17.9 Å². The molecule has 0 spiro atoms. The fourth-order valence-electron chi connectivity index (χ4n) is 3.46. The zero-order valence-electron chi connectivity index (χ0n) is 15.4.